The monoisotopic (exact) mass is 540 g/mol. The van der Waals surface area contributed by atoms with Crippen molar-refractivity contribution in [2.75, 3.05) is 46.9 Å². The lowest BCUT2D eigenvalue weighted by molar-refractivity contribution is 0.121. The molecular formula is C23H37IN6O. The molecular weight excluding hydrogens is 503 g/mol. The molecule has 0 radical (unpaired) electrons. The number of hydrogen-bond acceptors (Lipinski definition) is 4. The van der Waals surface area contributed by atoms with E-state index in [9.17, 15) is 0 Å². The molecule has 2 aromatic rings. The van der Waals surface area contributed by atoms with Gasteiger partial charge < -0.3 is 20.3 Å². The standard InChI is InChI=1S/C23H36N6O.HI/c1-18-15-19(2)29(27-18)22-8-6-5-7-21(22)17-26-23(24-3)25-16-20-9-11-28(12-10-20)13-14-30-4;/h5-8,15,20H,9-14,16-17H2,1-4H3,(H2,24,25,26);1H. The van der Waals surface area contributed by atoms with Crippen molar-refractivity contribution in [2.24, 2.45) is 10.9 Å². The van der Waals surface area contributed by atoms with E-state index in [1.165, 1.54) is 18.4 Å². The normalized spacial score (nSPS) is 15.5. The number of piperidine rings is 1. The molecule has 0 saturated carbocycles. The topological polar surface area (TPSA) is 66.7 Å². The lowest BCUT2D eigenvalue weighted by Crippen LogP contribution is -2.43. The average molecular weight is 540 g/mol. The summed E-state index contributed by atoms with van der Waals surface area (Å²) in [7, 11) is 3.60. The molecule has 2 N–H and O–H groups in total. The van der Waals surface area contributed by atoms with Crippen LogP contribution in [0.1, 0.15) is 29.8 Å². The van der Waals surface area contributed by atoms with Gasteiger partial charge in [0.05, 0.1) is 18.0 Å². The predicted molar refractivity (Wildman–Crippen MR) is 138 cm³/mol. The Morgan fingerprint density at radius 1 is 1.19 bits per heavy atom. The predicted octanol–water partition coefficient (Wildman–Crippen LogP) is 3.13. The van der Waals surface area contributed by atoms with Gasteiger partial charge in [-0.1, -0.05) is 18.2 Å². The number of methoxy groups -OCH3 is 1. The van der Waals surface area contributed by atoms with E-state index in [0.717, 1.165) is 55.8 Å². The zero-order valence-electron chi connectivity index (χ0n) is 19.2. The van der Waals surface area contributed by atoms with Crippen molar-refractivity contribution in [2.45, 2.75) is 33.2 Å². The third-order valence-electron chi connectivity index (χ3n) is 5.78. The van der Waals surface area contributed by atoms with Gasteiger partial charge in [-0.25, -0.2) is 4.68 Å². The van der Waals surface area contributed by atoms with Crippen molar-refractivity contribution in [3.63, 3.8) is 0 Å². The highest BCUT2D eigenvalue weighted by atomic mass is 127. The quantitative estimate of drug-likeness (QED) is 0.306. The Kier molecular flexibility index (Phi) is 10.8. The van der Waals surface area contributed by atoms with Crippen LogP contribution in [0.3, 0.4) is 0 Å². The van der Waals surface area contributed by atoms with E-state index in [1.807, 2.05) is 18.7 Å². The summed E-state index contributed by atoms with van der Waals surface area (Å²) < 4.78 is 7.20. The minimum absolute atomic E-state index is 0. The van der Waals surface area contributed by atoms with Crippen LogP contribution in [0, 0.1) is 19.8 Å². The molecule has 0 aliphatic carbocycles. The van der Waals surface area contributed by atoms with Crippen molar-refractivity contribution in [3.8, 4) is 5.69 Å². The highest BCUT2D eigenvalue weighted by Crippen LogP contribution is 2.17. The Labute approximate surface area is 203 Å². The lowest BCUT2D eigenvalue weighted by Gasteiger charge is -2.32. The molecule has 0 unspecified atom stereocenters. The van der Waals surface area contributed by atoms with Crippen LogP contribution in [0.4, 0.5) is 0 Å². The lowest BCUT2D eigenvalue weighted by atomic mass is 9.97. The van der Waals surface area contributed by atoms with E-state index in [1.54, 1.807) is 7.11 Å². The number of likely N-dealkylation sites (tertiary alicyclic amines) is 1. The zero-order chi connectivity index (χ0) is 21.3. The minimum Gasteiger partial charge on any atom is -0.383 e. The molecule has 31 heavy (non-hydrogen) atoms. The zero-order valence-corrected chi connectivity index (χ0v) is 21.6. The summed E-state index contributed by atoms with van der Waals surface area (Å²) in [5, 5.41) is 11.6. The number of guanidine groups is 1. The van der Waals surface area contributed by atoms with Crippen LogP contribution in [-0.4, -0.2) is 67.6 Å². The fourth-order valence-electron chi connectivity index (χ4n) is 4.01. The number of aromatic nitrogens is 2. The number of rotatable bonds is 8. The van der Waals surface area contributed by atoms with Gasteiger partial charge in [-0.05, 0) is 63.4 Å². The van der Waals surface area contributed by atoms with E-state index >= 15 is 0 Å². The Bertz CT molecular complexity index is 829. The van der Waals surface area contributed by atoms with Crippen molar-refractivity contribution < 1.29 is 4.74 Å². The van der Waals surface area contributed by atoms with Crippen LogP contribution in [0.15, 0.2) is 35.3 Å². The van der Waals surface area contributed by atoms with Gasteiger partial charge in [0.15, 0.2) is 5.96 Å². The maximum atomic E-state index is 5.19. The second kappa shape index (κ2) is 13.0. The van der Waals surface area contributed by atoms with Gasteiger partial charge in [-0.2, -0.15) is 5.10 Å². The second-order valence-electron chi connectivity index (χ2n) is 8.05. The van der Waals surface area contributed by atoms with Gasteiger partial charge in [-0.3, -0.25) is 4.99 Å². The van der Waals surface area contributed by atoms with E-state index in [2.05, 4.69) is 62.9 Å². The fraction of sp³-hybridized carbons (Fsp3) is 0.565. The molecule has 8 heteroatoms. The Morgan fingerprint density at radius 3 is 2.58 bits per heavy atom. The highest BCUT2D eigenvalue weighted by Gasteiger charge is 2.19. The molecule has 0 amide bonds. The van der Waals surface area contributed by atoms with E-state index < -0.39 is 0 Å². The Morgan fingerprint density at radius 2 is 1.94 bits per heavy atom. The number of benzene rings is 1. The number of hydrogen-bond donors (Lipinski definition) is 2. The van der Waals surface area contributed by atoms with Crippen LogP contribution in [0.2, 0.25) is 0 Å². The minimum atomic E-state index is 0. The van der Waals surface area contributed by atoms with Gasteiger partial charge >= 0.3 is 0 Å². The number of halogens is 1. The van der Waals surface area contributed by atoms with E-state index in [4.69, 9.17) is 4.74 Å². The molecule has 0 bridgehead atoms. The maximum absolute atomic E-state index is 5.19. The van der Waals surface area contributed by atoms with Crippen molar-refractivity contribution in [1.29, 1.82) is 0 Å². The van der Waals surface area contributed by atoms with Crippen LogP contribution >= 0.6 is 24.0 Å². The Balaban J connectivity index is 0.00000341. The molecule has 0 spiro atoms. The van der Waals surface area contributed by atoms with Gasteiger partial charge in [-0.15, -0.1) is 24.0 Å². The van der Waals surface area contributed by atoms with Crippen LogP contribution in [0.5, 0.6) is 0 Å². The number of nitrogens with one attached hydrogen (secondary N) is 2. The van der Waals surface area contributed by atoms with E-state index in [-0.39, 0.29) is 24.0 Å². The largest absolute Gasteiger partial charge is 0.383 e. The van der Waals surface area contributed by atoms with Crippen LogP contribution in [-0.2, 0) is 11.3 Å². The first-order valence-electron chi connectivity index (χ1n) is 10.9. The van der Waals surface area contributed by atoms with Gasteiger partial charge in [0, 0.05) is 39.5 Å². The molecule has 1 saturated heterocycles. The maximum Gasteiger partial charge on any atom is 0.191 e. The first-order chi connectivity index (χ1) is 14.6. The number of nitrogens with zero attached hydrogens (tertiary/aromatic N) is 4. The number of para-hydroxylation sites is 1. The van der Waals surface area contributed by atoms with Gasteiger partial charge in [0.25, 0.3) is 0 Å². The van der Waals surface area contributed by atoms with Gasteiger partial charge in [0.1, 0.15) is 0 Å². The summed E-state index contributed by atoms with van der Waals surface area (Å²) in [6.07, 6.45) is 2.43. The second-order valence-corrected chi connectivity index (χ2v) is 8.05. The SMILES string of the molecule is CN=C(NCc1ccccc1-n1nc(C)cc1C)NCC1CCN(CCOC)CC1.I. The molecule has 1 fully saturated rings. The molecule has 7 nitrogen and oxygen atoms in total. The average Bonchev–Trinajstić information content (AvgIpc) is 3.11. The summed E-state index contributed by atoms with van der Waals surface area (Å²) in [6, 6.07) is 10.5. The molecule has 3 rings (SSSR count). The molecule has 2 heterocycles. The smallest absolute Gasteiger partial charge is 0.191 e. The number of aliphatic imine (C=N–C) groups is 1. The summed E-state index contributed by atoms with van der Waals surface area (Å²) in [5.41, 5.74) is 4.47. The van der Waals surface area contributed by atoms with Crippen molar-refractivity contribution in [3.05, 3.63) is 47.3 Å². The molecule has 0 atom stereocenters. The Hall–Kier alpha value is -1.65. The number of aryl methyl sites for hydroxylation is 2. The van der Waals surface area contributed by atoms with Crippen molar-refractivity contribution in [1.82, 2.24) is 25.3 Å². The summed E-state index contributed by atoms with van der Waals surface area (Å²) >= 11 is 0. The highest BCUT2D eigenvalue weighted by molar-refractivity contribution is 14.0. The first-order valence-corrected chi connectivity index (χ1v) is 10.9. The first kappa shape index (κ1) is 25.6. The van der Waals surface area contributed by atoms with Crippen LogP contribution < -0.4 is 10.6 Å². The third kappa shape index (κ3) is 7.47. The molecule has 1 aromatic heterocycles. The fourth-order valence-corrected chi connectivity index (χ4v) is 4.01. The summed E-state index contributed by atoms with van der Waals surface area (Å²) in [5.74, 6) is 1.53. The van der Waals surface area contributed by atoms with Crippen molar-refractivity contribution >= 4 is 29.9 Å². The molecule has 172 valence electrons. The third-order valence-corrected chi connectivity index (χ3v) is 5.78. The van der Waals surface area contributed by atoms with Gasteiger partial charge in [0.2, 0.25) is 0 Å². The summed E-state index contributed by atoms with van der Waals surface area (Å²) in [4.78, 5) is 6.90. The van der Waals surface area contributed by atoms with Crippen LogP contribution in [0.25, 0.3) is 5.69 Å². The number of ether oxygens (including phenoxy) is 1. The van der Waals surface area contributed by atoms with E-state index in [0.29, 0.717) is 12.5 Å². The molecule has 1 aliphatic heterocycles. The summed E-state index contributed by atoms with van der Waals surface area (Å²) in [6.45, 7) is 9.92. The molecule has 1 aromatic carbocycles. The molecule has 1 aliphatic rings.